The van der Waals surface area contributed by atoms with Crippen LogP contribution in [0.25, 0.3) is 0 Å². The average molecular weight is 399 g/mol. The second-order valence-electron chi connectivity index (χ2n) is 6.81. The fourth-order valence-corrected chi connectivity index (χ4v) is 4.63. The van der Waals surface area contributed by atoms with Crippen LogP contribution in [0.3, 0.4) is 0 Å². The largest absolute Gasteiger partial charge is 0.375 e. The fourth-order valence-electron chi connectivity index (χ4n) is 3.72. The van der Waals surface area contributed by atoms with Gasteiger partial charge in [0.05, 0.1) is 11.7 Å². The summed E-state index contributed by atoms with van der Waals surface area (Å²) in [5.41, 5.74) is 9.35. The average Bonchev–Trinajstić information content (AvgIpc) is 3.02. The summed E-state index contributed by atoms with van der Waals surface area (Å²) in [5.74, 6) is 0. The van der Waals surface area contributed by atoms with Crippen molar-refractivity contribution in [1.29, 1.82) is 0 Å². The molecule has 1 aliphatic heterocycles. The predicted molar refractivity (Wildman–Crippen MR) is 113 cm³/mol. The molecule has 0 bridgehead atoms. The van der Waals surface area contributed by atoms with Crippen LogP contribution in [0.2, 0.25) is 4.34 Å². The Labute approximate surface area is 169 Å². The fraction of sp³-hybridized carbons (Fsp3) is 0.286. The molecule has 0 atom stereocenters. The number of piperazine rings is 1. The smallest absolute Gasteiger partial charge is 0.181 e. The molecule has 1 fully saturated rings. The Kier molecular flexibility index (Phi) is 5.74. The van der Waals surface area contributed by atoms with Crippen LogP contribution in [-0.4, -0.2) is 41.0 Å². The Morgan fingerprint density at radius 1 is 0.926 bits per heavy atom. The summed E-state index contributed by atoms with van der Waals surface area (Å²) >= 11 is 7.60. The van der Waals surface area contributed by atoms with Crippen LogP contribution in [0.15, 0.2) is 60.7 Å². The van der Waals surface area contributed by atoms with Gasteiger partial charge in [-0.15, -0.1) is 0 Å². The molecule has 1 saturated heterocycles. The highest BCUT2D eigenvalue weighted by Crippen LogP contribution is 2.31. The van der Waals surface area contributed by atoms with Gasteiger partial charge in [0.15, 0.2) is 5.13 Å². The Hall–Kier alpha value is -1.92. The normalized spacial score (nSPS) is 16.1. The Bertz CT molecular complexity index is 821. The van der Waals surface area contributed by atoms with Crippen molar-refractivity contribution in [3.05, 3.63) is 81.8 Å². The lowest BCUT2D eigenvalue weighted by molar-refractivity contribution is 0.104. The molecule has 0 radical (unpaired) electrons. The number of nitrogens with two attached hydrogens (primary N) is 1. The summed E-state index contributed by atoms with van der Waals surface area (Å²) in [6, 6.07) is 21.8. The van der Waals surface area contributed by atoms with Gasteiger partial charge >= 0.3 is 0 Å². The van der Waals surface area contributed by atoms with Gasteiger partial charge in [0.1, 0.15) is 4.34 Å². The molecule has 0 spiro atoms. The van der Waals surface area contributed by atoms with Gasteiger partial charge in [0.25, 0.3) is 0 Å². The van der Waals surface area contributed by atoms with Gasteiger partial charge in [-0.1, -0.05) is 83.6 Å². The van der Waals surface area contributed by atoms with E-state index in [-0.39, 0.29) is 6.04 Å². The zero-order chi connectivity index (χ0) is 18.6. The minimum Gasteiger partial charge on any atom is -0.375 e. The van der Waals surface area contributed by atoms with Crippen molar-refractivity contribution in [3.63, 3.8) is 0 Å². The van der Waals surface area contributed by atoms with Gasteiger partial charge in [-0.25, -0.2) is 4.98 Å². The highest BCUT2D eigenvalue weighted by molar-refractivity contribution is 7.19. The van der Waals surface area contributed by atoms with Gasteiger partial charge in [-0.2, -0.15) is 0 Å². The SMILES string of the molecule is Nc1nc(CN2CCN(C(c3ccccc3)c3ccccc3)CC2)c(Cl)s1. The number of nitrogens with zero attached hydrogens (tertiary/aromatic N) is 3. The molecule has 4 rings (SSSR count). The van der Waals surface area contributed by atoms with E-state index < -0.39 is 0 Å². The summed E-state index contributed by atoms with van der Waals surface area (Å²) < 4.78 is 0.710. The Morgan fingerprint density at radius 2 is 1.48 bits per heavy atom. The number of anilines is 1. The van der Waals surface area contributed by atoms with Crippen LogP contribution in [0.5, 0.6) is 0 Å². The molecule has 2 aromatic carbocycles. The third kappa shape index (κ3) is 4.33. The van der Waals surface area contributed by atoms with E-state index in [2.05, 4.69) is 75.4 Å². The molecule has 27 heavy (non-hydrogen) atoms. The van der Waals surface area contributed by atoms with Crippen molar-refractivity contribution in [2.45, 2.75) is 12.6 Å². The summed E-state index contributed by atoms with van der Waals surface area (Å²) in [5, 5.41) is 0.543. The number of nitrogen functional groups attached to an aromatic ring is 1. The van der Waals surface area contributed by atoms with Crippen molar-refractivity contribution in [1.82, 2.24) is 14.8 Å². The third-order valence-electron chi connectivity index (χ3n) is 5.04. The number of halogens is 1. The zero-order valence-corrected chi connectivity index (χ0v) is 16.7. The van der Waals surface area contributed by atoms with Crippen molar-refractivity contribution in [2.24, 2.45) is 0 Å². The molecule has 140 valence electrons. The molecule has 3 aromatic rings. The van der Waals surface area contributed by atoms with Gasteiger partial charge in [-0.05, 0) is 11.1 Å². The van der Waals surface area contributed by atoms with Crippen LogP contribution in [-0.2, 0) is 6.54 Å². The van der Waals surface area contributed by atoms with Crippen LogP contribution in [0.1, 0.15) is 22.9 Å². The summed E-state index contributed by atoms with van der Waals surface area (Å²) in [6.45, 7) is 4.76. The summed E-state index contributed by atoms with van der Waals surface area (Å²) in [7, 11) is 0. The molecule has 4 nitrogen and oxygen atoms in total. The number of aromatic nitrogens is 1. The molecule has 2 N–H and O–H groups in total. The first-order valence-electron chi connectivity index (χ1n) is 9.17. The van der Waals surface area contributed by atoms with Crippen molar-refractivity contribution in [2.75, 3.05) is 31.9 Å². The van der Waals surface area contributed by atoms with E-state index in [0.717, 1.165) is 38.4 Å². The van der Waals surface area contributed by atoms with Crippen LogP contribution >= 0.6 is 22.9 Å². The van der Waals surface area contributed by atoms with E-state index >= 15 is 0 Å². The molecule has 0 aliphatic carbocycles. The van der Waals surface area contributed by atoms with E-state index in [9.17, 15) is 0 Å². The van der Waals surface area contributed by atoms with E-state index in [1.807, 2.05) is 0 Å². The molecule has 0 saturated carbocycles. The first-order chi connectivity index (χ1) is 13.2. The number of rotatable bonds is 5. The van der Waals surface area contributed by atoms with Crippen LogP contribution in [0, 0.1) is 0 Å². The first kappa shape index (κ1) is 18.4. The maximum atomic E-state index is 6.24. The molecular weight excluding hydrogens is 376 g/mol. The van der Waals surface area contributed by atoms with Crippen LogP contribution < -0.4 is 5.73 Å². The monoisotopic (exact) mass is 398 g/mol. The van der Waals surface area contributed by atoms with Crippen molar-refractivity contribution in [3.8, 4) is 0 Å². The zero-order valence-electron chi connectivity index (χ0n) is 15.1. The molecule has 1 aromatic heterocycles. The predicted octanol–water partition coefficient (Wildman–Crippen LogP) is 4.29. The second kappa shape index (κ2) is 8.40. The lowest BCUT2D eigenvalue weighted by atomic mass is 9.96. The number of hydrogen-bond donors (Lipinski definition) is 1. The lowest BCUT2D eigenvalue weighted by Crippen LogP contribution is -2.47. The summed E-state index contributed by atoms with van der Waals surface area (Å²) in [4.78, 5) is 9.34. The molecule has 0 amide bonds. The van der Waals surface area contributed by atoms with Crippen molar-refractivity contribution < 1.29 is 0 Å². The minimum absolute atomic E-state index is 0.285. The Morgan fingerprint density at radius 3 is 1.96 bits per heavy atom. The molecule has 6 heteroatoms. The number of benzene rings is 2. The third-order valence-corrected chi connectivity index (χ3v) is 6.21. The highest BCUT2D eigenvalue weighted by atomic mass is 35.5. The quantitative estimate of drug-likeness (QED) is 0.696. The second-order valence-corrected chi connectivity index (χ2v) is 8.44. The van der Waals surface area contributed by atoms with E-state index in [4.69, 9.17) is 17.3 Å². The van der Waals surface area contributed by atoms with Crippen molar-refractivity contribution >= 4 is 28.1 Å². The standard InChI is InChI=1S/C21H23ClN4S/c22-20-18(24-21(23)27-20)15-25-11-13-26(14-12-25)19(16-7-3-1-4-8-16)17-9-5-2-6-10-17/h1-10,19H,11-15H2,(H2,23,24). The van der Waals surface area contributed by atoms with E-state index in [0.29, 0.717) is 9.47 Å². The van der Waals surface area contributed by atoms with Gasteiger partial charge < -0.3 is 5.73 Å². The van der Waals surface area contributed by atoms with E-state index in [1.165, 1.54) is 22.5 Å². The summed E-state index contributed by atoms with van der Waals surface area (Å²) in [6.07, 6.45) is 0. The van der Waals surface area contributed by atoms with Gasteiger partial charge in [0, 0.05) is 32.7 Å². The van der Waals surface area contributed by atoms with Gasteiger partial charge in [-0.3, -0.25) is 9.80 Å². The molecule has 2 heterocycles. The Balaban J connectivity index is 1.48. The molecular formula is C21H23ClN4S. The highest BCUT2D eigenvalue weighted by Gasteiger charge is 2.26. The first-order valence-corrected chi connectivity index (χ1v) is 10.4. The maximum absolute atomic E-state index is 6.24. The van der Waals surface area contributed by atoms with E-state index in [1.54, 1.807) is 0 Å². The minimum atomic E-state index is 0.285. The van der Waals surface area contributed by atoms with Gasteiger partial charge in [0.2, 0.25) is 0 Å². The van der Waals surface area contributed by atoms with Crippen LogP contribution in [0.4, 0.5) is 5.13 Å². The maximum Gasteiger partial charge on any atom is 0.181 e. The lowest BCUT2D eigenvalue weighted by Gasteiger charge is -2.39. The number of hydrogen-bond acceptors (Lipinski definition) is 5. The topological polar surface area (TPSA) is 45.4 Å². The number of thiazole rings is 1. The molecule has 1 aliphatic rings. The molecule has 0 unspecified atom stereocenters.